The van der Waals surface area contributed by atoms with Gasteiger partial charge in [0.1, 0.15) is 6.04 Å². The summed E-state index contributed by atoms with van der Waals surface area (Å²) in [4.78, 5) is 0.930. The average molecular weight is 276 g/mol. The summed E-state index contributed by atoms with van der Waals surface area (Å²) in [6.07, 6.45) is -8.65. The molecule has 1 aliphatic rings. The van der Waals surface area contributed by atoms with Gasteiger partial charge in [-0.05, 0) is 13.3 Å². The first kappa shape index (κ1) is 15.3. The average Bonchev–Trinajstić information content (AvgIpc) is 2.13. The fraction of sp³-hybridized carbons (Fsp3) is 0.800. The van der Waals surface area contributed by atoms with Crippen LogP contribution in [0.3, 0.4) is 0 Å². The van der Waals surface area contributed by atoms with Gasteiger partial charge in [0.15, 0.2) is 0 Å². The van der Waals surface area contributed by atoms with Crippen molar-refractivity contribution >= 4 is 0 Å². The molecule has 18 heavy (non-hydrogen) atoms. The standard InChI is InChI=1S/C10H14F6N2/c1-6(17)8(10(14,15)16)18-4-2-7(3-5-18)9(11,12)13/h2,6,8H,3-5,17H2,1H3. The molecule has 2 atom stereocenters. The topological polar surface area (TPSA) is 29.3 Å². The number of hydrogen-bond acceptors (Lipinski definition) is 2. The lowest BCUT2D eigenvalue weighted by Gasteiger charge is -2.37. The molecule has 0 aromatic rings. The predicted molar refractivity (Wildman–Crippen MR) is 53.8 cm³/mol. The SMILES string of the molecule is CC(N)C(N1CC=C(C(F)(F)F)CC1)C(F)(F)F. The van der Waals surface area contributed by atoms with Crippen LogP contribution in [0.15, 0.2) is 11.6 Å². The van der Waals surface area contributed by atoms with Crippen molar-refractivity contribution in [3.8, 4) is 0 Å². The maximum absolute atomic E-state index is 12.7. The molecule has 0 radical (unpaired) electrons. The van der Waals surface area contributed by atoms with Gasteiger partial charge >= 0.3 is 12.4 Å². The van der Waals surface area contributed by atoms with Gasteiger partial charge in [-0.1, -0.05) is 6.08 Å². The van der Waals surface area contributed by atoms with E-state index in [1.165, 1.54) is 6.92 Å². The van der Waals surface area contributed by atoms with E-state index >= 15 is 0 Å². The van der Waals surface area contributed by atoms with E-state index in [0.29, 0.717) is 0 Å². The molecule has 1 rings (SSSR count). The van der Waals surface area contributed by atoms with Gasteiger partial charge in [0.2, 0.25) is 0 Å². The summed E-state index contributed by atoms with van der Waals surface area (Å²) in [6, 6.07) is -3.10. The van der Waals surface area contributed by atoms with E-state index in [1.807, 2.05) is 0 Å². The first-order chi connectivity index (χ1) is 8.03. The van der Waals surface area contributed by atoms with Crippen LogP contribution in [0, 0.1) is 0 Å². The Balaban J connectivity index is 2.80. The molecule has 2 unspecified atom stereocenters. The van der Waals surface area contributed by atoms with E-state index < -0.39 is 36.4 Å². The van der Waals surface area contributed by atoms with Gasteiger partial charge in [-0.25, -0.2) is 0 Å². The molecular weight excluding hydrogens is 262 g/mol. The summed E-state index contributed by atoms with van der Waals surface area (Å²) in [6.45, 7) is 0.513. The molecule has 0 fully saturated rings. The molecule has 0 spiro atoms. The highest BCUT2D eigenvalue weighted by Crippen LogP contribution is 2.33. The number of rotatable bonds is 2. The second-order valence-corrected chi connectivity index (χ2v) is 4.32. The minimum absolute atomic E-state index is 0.295. The monoisotopic (exact) mass is 276 g/mol. The van der Waals surface area contributed by atoms with Crippen molar-refractivity contribution < 1.29 is 26.3 Å². The van der Waals surface area contributed by atoms with E-state index in [1.54, 1.807) is 0 Å². The Morgan fingerprint density at radius 2 is 1.78 bits per heavy atom. The molecule has 0 saturated carbocycles. The summed E-state index contributed by atoms with van der Waals surface area (Å²) in [7, 11) is 0. The van der Waals surface area contributed by atoms with Crippen LogP contribution in [-0.4, -0.2) is 42.4 Å². The molecule has 0 amide bonds. The lowest BCUT2D eigenvalue weighted by atomic mass is 10.0. The van der Waals surface area contributed by atoms with Gasteiger partial charge in [-0.15, -0.1) is 0 Å². The minimum atomic E-state index is -4.54. The summed E-state index contributed by atoms with van der Waals surface area (Å²) >= 11 is 0. The lowest BCUT2D eigenvalue weighted by Crippen LogP contribution is -2.56. The smallest absolute Gasteiger partial charge is 0.326 e. The van der Waals surface area contributed by atoms with Gasteiger partial charge in [0.25, 0.3) is 0 Å². The zero-order valence-electron chi connectivity index (χ0n) is 9.65. The minimum Gasteiger partial charge on any atom is -0.326 e. The van der Waals surface area contributed by atoms with E-state index in [4.69, 9.17) is 5.73 Å². The lowest BCUT2D eigenvalue weighted by molar-refractivity contribution is -0.188. The van der Waals surface area contributed by atoms with E-state index in [0.717, 1.165) is 11.0 Å². The van der Waals surface area contributed by atoms with Crippen LogP contribution in [0.25, 0.3) is 0 Å². The number of nitrogens with two attached hydrogens (primary N) is 1. The van der Waals surface area contributed by atoms with Gasteiger partial charge in [-0.3, -0.25) is 4.90 Å². The Hall–Kier alpha value is -0.760. The molecule has 106 valence electrons. The molecule has 2 nitrogen and oxygen atoms in total. The van der Waals surface area contributed by atoms with Crippen LogP contribution >= 0.6 is 0 Å². The first-order valence-corrected chi connectivity index (χ1v) is 5.36. The van der Waals surface area contributed by atoms with Crippen molar-refractivity contribution in [3.05, 3.63) is 11.6 Å². The van der Waals surface area contributed by atoms with Gasteiger partial charge in [-0.2, -0.15) is 26.3 Å². The van der Waals surface area contributed by atoms with Crippen molar-refractivity contribution in [2.75, 3.05) is 13.1 Å². The van der Waals surface area contributed by atoms with Crippen molar-refractivity contribution in [3.63, 3.8) is 0 Å². The van der Waals surface area contributed by atoms with Gasteiger partial charge in [0.05, 0.1) is 0 Å². The third-order valence-corrected chi connectivity index (χ3v) is 2.83. The molecule has 0 aromatic heterocycles. The molecule has 1 heterocycles. The highest BCUT2D eigenvalue weighted by atomic mass is 19.4. The third-order valence-electron chi connectivity index (χ3n) is 2.83. The van der Waals surface area contributed by atoms with Crippen molar-refractivity contribution in [2.24, 2.45) is 5.73 Å². The second-order valence-electron chi connectivity index (χ2n) is 4.32. The van der Waals surface area contributed by atoms with Crippen molar-refractivity contribution in [1.82, 2.24) is 4.90 Å². The van der Waals surface area contributed by atoms with Crippen LogP contribution in [0.2, 0.25) is 0 Å². The number of halogens is 6. The van der Waals surface area contributed by atoms with E-state index in [2.05, 4.69) is 0 Å². The Bertz CT molecular complexity index is 317. The summed E-state index contributed by atoms with van der Waals surface area (Å²) in [5.41, 5.74) is 4.50. The second kappa shape index (κ2) is 5.08. The molecular formula is C10H14F6N2. The first-order valence-electron chi connectivity index (χ1n) is 5.36. The highest BCUT2D eigenvalue weighted by molar-refractivity contribution is 5.14. The zero-order chi connectivity index (χ0) is 14.1. The fourth-order valence-electron chi connectivity index (χ4n) is 2.03. The summed E-state index contributed by atoms with van der Waals surface area (Å²) < 4.78 is 75.2. The largest absolute Gasteiger partial charge is 0.412 e. The quantitative estimate of drug-likeness (QED) is 0.620. The maximum atomic E-state index is 12.7. The highest BCUT2D eigenvalue weighted by Gasteiger charge is 2.47. The van der Waals surface area contributed by atoms with Gasteiger partial charge in [0, 0.05) is 24.7 Å². The molecule has 0 saturated heterocycles. The van der Waals surface area contributed by atoms with Gasteiger partial charge < -0.3 is 5.73 Å². The van der Waals surface area contributed by atoms with E-state index in [9.17, 15) is 26.3 Å². The van der Waals surface area contributed by atoms with Crippen LogP contribution in [0.5, 0.6) is 0 Å². The fourth-order valence-corrected chi connectivity index (χ4v) is 2.03. The number of alkyl halides is 6. The summed E-state index contributed by atoms with van der Waals surface area (Å²) in [5.74, 6) is 0. The maximum Gasteiger partial charge on any atom is 0.412 e. The number of hydrogen-bond donors (Lipinski definition) is 1. The number of nitrogens with zero attached hydrogens (tertiary/aromatic N) is 1. The molecule has 2 N–H and O–H groups in total. The molecule has 0 aliphatic carbocycles. The Kier molecular flexibility index (Phi) is 4.32. The third kappa shape index (κ3) is 3.61. The Morgan fingerprint density at radius 1 is 1.22 bits per heavy atom. The van der Waals surface area contributed by atoms with Crippen LogP contribution in [-0.2, 0) is 0 Å². The van der Waals surface area contributed by atoms with Crippen molar-refractivity contribution in [2.45, 2.75) is 37.8 Å². The zero-order valence-corrected chi connectivity index (χ0v) is 9.65. The van der Waals surface area contributed by atoms with E-state index in [-0.39, 0.29) is 13.1 Å². The molecule has 0 bridgehead atoms. The Morgan fingerprint density at radius 3 is 2.06 bits per heavy atom. The molecule has 1 aliphatic heterocycles. The van der Waals surface area contributed by atoms with Crippen molar-refractivity contribution in [1.29, 1.82) is 0 Å². The predicted octanol–water partition coefficient (Wildman–Crippen LogP) is 2.46. The van der Waals surface area contributed by atoms with Crippen LogP contribution in [0.4, 0.5) is 26.3 Å². The molecule has 0 aromatic carbocycles. The van der Waals surface area contributed by atoms with Crippen LogP contribution in [0.1, 0.15) is 13.3 Å². The van der Waals surface area contributed by atoms with Crippen LogP contribution < -0.4 is 5.73 Å². The molecule has 8 heteroatoms. The normalized spacial score (nSPS) is 22.6. The summed E-state index contributed by atoms with van der Waals surface area (Å²) in [5, 5.41) is 0. The Labute approximate surface area is 100 Å².